The standard InChI is InChI=1S/C18H19ClN6O2/c19-14-6-8-15(9-7-14)20-18(27)21-16(12-13-4-2-1-3-5-13)17-22-24-25(23-17)10-11-26/h1-9,16,26H,10-12H2,(H2,20,21,27)/t16-/m0/s1. The summed E-state index contributed by atoms with van der Waals surface area (Å²) in [7, 11) is 0. The molecule has 27 heavy (non-hydrogen) atoms. The number of aromatic nitrogens is 4. The number of nitrogens with zero attached hydrogens (tertiary/aromatic N) is 4. The first-order valence-electron chi connectivity index (χ1n) is 8.39. The SMILES string of the molecule is O=C(Nc1ccc(Cl)cc1)N[C@@H](Cc1ccccc1)c1nnn(CCO)n1. The minimum atomic E-state index is -0.479. The highest BCUT2D eigenvalue weighted by Gasteiger charge is 2.20. The van der Waals surface area contributed by atoms with Gasteiger partial charge in [0.1, 0.15) is 0 Å². The number of rotatable bonds is 7. The van der Waals surface area contributed by atoms with Crippen LogP contribution in [0.1, 0.15) is 17.4 Å². The van der Waals surface area contributed by atoms with E-state index in [4.69, 9.17) is 16.7 Å². The molecule has 1 aromatic heterocycles. The number of urea groups is 1. The lowest BCUT2D eigenvalue weighted by Gasteiger charge is -2.16. The predicted octanol–water partition coefficient (Wildman–Crippen LogP) is 2.42. The van der Waals surface area contributed by atoms with Gasteiger partial charge in [0.15, 0.2) is 5.82 Å². The van der Waals surface area contributed by atoms with E-state index in [1.165, 1.54) is 4.80 Å². The van der Waals surface area contributed by atoms with Gasteiger partial charge in [-0.25, -0.2) is 4.79 Å². The molecular weight excluding hydrogens is 368 g/mol. The summed E-state index contributed by atoms with van der Waals surface area (Å²) < 4.78 is 0. The summed E-state index contributed by atoms with van der Waals surface area (Å²) in [5, 5.41) is 27.4. The van der Waals surface area contributed by atoms with E-state index in [0.29, 0.717) is 23.0 Å². The second kappa shape index (κ2) is 9.11. The molecule has 8 nitrogen and oxygen atoms in total. The number of anilines is 1. The van der Waals surface area contributed by atoms with Crippen LogP contribution in [0.4, 0.5) is 10.5 Å². The molecule has 0 aliphatic rings. The fraction of sp³-hybridized carbons (Fsp3) is 0.222. The molecule has 0 aliphatic heterocycles. The Hall–Kier alpha value is -2.97. The van der Waals surface area contributed by atoms with Crippen molar-refractivity contribution in [2.24, 2.45) is 0 Å². The van der Waals surface area contributed by atoms with Gasteiger partial charge in [-0.3, -0.25) is 0 Å². The summed E-state index contributed by atoms with van der Waals surface area (Å²) in [6.45, 7) is 0.145. The molecule has 1 atom stereocenters. The van der Waals surface area contributed by atoms with E-state index in [-0.39, 0.29) is 13.2 Å². The third kappa shape index (κ3) is 5.50. The Balaban J connectivity index is 1.73. The van der Waals surface area contributed by atoms with Gasteiger partial charge >= 0.3 is 6.03 Å². The molecule has 0 saturated carbocycles. The van der Waals surface area contributed by atoms with Crippen LogP contribution in [0.2, 0.25) is 5.02 Å². The van der Waals surface area contributed by atoms with E-state index in [1.807, 2.05) is 30.3 Å². The zero-order chi connectivity index (χ0) is 19.1. The van der Waals surface area contributed by atoms with E-state index >= 15 is 0 Å². The molecule has 1 heterocycles. The van der Waals surface area contributed by atoms with Gasteiger partial charge in [0.05, 0.1) is 19.2 Å². The summed E-state index contributed by atoms with van der Waals surface area (Å²) in [5.74, 6) is 0.374. The molecule has 0 radical (unpaired) electrons. The maximum atomic E-state index is 12.4. The highest BCUT2D eigenvalue weighted by atomic mass is 35.5. The van der Waals surface area contributed by atoms with E-state index in [2.05, 4.69) is 26.0 Å². The summed E-state index contributed by atoms with van der Waals surface area (Å²) in [5.41, 5.74) is 1.64. The quantitative estimate of drug-likeness (QED) is 0.578. The van der Waals surface area contributed by atoms with Gasteiger partial charge in [-0.15, -0.1) is 10.2 Å². The number of tetrazole rings is 1. The minimum absolute atomic E-state index is 0.0936. The first kappa shape index (κ1) is 18.8. The van der Waals surface area contributed by atoms with Crippen molar-refractivity contribution in [2.75, 3.05) is 11.9 Å². The lowest BCUT2D eigenvalue weighted by Crippen LogP contribution is -2.34. The van der Waals surface area contributed by atoms with Crippen LogP contribution in [0.25, 0.3) is 0 Å². The number of benzene rings is 2. The molecule has 2 aromatic carbocycles. The second-order valence-corrected chi connectivity index (χ2v) is 6.25. The molecule has 3 rings (SSSR count). The number of carbonyl (C=O) groups is 1. The second-order valence-electron chi connectivity index (χ2n) is 5.81. The van der Waals surface area contributed by atoms with Crippen LogP contribution in [0.3, 0.4) is 0 Å². The molecular formula is C18H19ClN6O2. The topological polar surface area (TPSA) is 105 Å². The van der Waals surface area contributed by atoms with Crippen molar-refractivity contribution in [3.8, 4) is 0 Å². The van der Waals surface area contributed by atoms with Crippen LogP contribution in [0, 0.1) is 0 Å². The van der Waals surface area contributed by atoms with Crippen molar-refractivity contribution in [2.45, 2.75) is 19.0 Å². The number of halogens is 1. The number of aliphatic hydroxyl groups excluding tert-OH is 1. The van der Waals surface area contributed by atoms with Gasteiger partial charge in [0, 0.05) is 17.1 Å². The third-order valence-corrected chi connectivity index (χ3v) is 4.02. The molecule has 0 spiro atoms. The Kier molecular flexibility index (Phi) is 6.35. The van der Waals surface area contributed by atoms with Gasteiger partial charge in [-0.1, -0.05) is 41.9 Å². The van der Waals surface area contributed by atoms with E-state index in [1.54, 1.807) is 24.3 Å². The van der Waals surface area contributed by atoms with Crippen LogP contribution >= 0.6 is 11.6 Å². The van der Waals surface area contributed by atoms with Crippen molar-refractivity contribution >= 4 is 23.3 Å². The van der Waals surface area contributed by atoms with Gasteiger partial charge < -0.3 is 15.7 Å². The predicted molar refractivity (Wildman–Crippen MR) is 101 cm³/mol. The van der Waals surface area contributed by atoms with Crippen molar-refractivity contribution in [3.05, 3.63) is 71.0 Å². The van der Waals surface area contributed by atoms with Gasteiger partial charge in [-0.2, -0.15) is 4.80 Å². The Morgan fingerprint density at radius 2 is 1.89 bits per heavy atom. The molecule has 0 saturated heterocycles. The fourth-order valence-corrected chi connectivity index (χ4v) is 2.62. The monoisotopic (exact) mass is 386 g/mol. The summed E-state index contributed by atoms with van der Waals surface area (Å²) in [6, 6.07) is 15.6. The van der Waals surface area contributed by atoms with E-state index in [9.17, 15) is 4.79 Å². The number of carbonyl (C=O) groups excluding carboxylic acids is 1. The summed E-state index contributed by atoms with van der Waals surface area (Å²) in [4.78, 5) is 13.7. The molecule has 3 N–H and O–H groups in total. The molecule has 2 amide bonds. The Morgan fingerprint density at radius 3 is 2.59 bits per heavy atom. The number of amides is 2. The van der Waals surface area contributed by atoms with Crippen molar-refractivity contribution in [3.63, 3.8) is 0 Å². The lowest BCUT2D eigenvalue weighted by atomic mass is 10.1. The maximum absolute atomic E-state index is 12.4. The van der Waals surface area contributed by atoms with Crippen LogP contribution in [-0.4, -0.2) is 38.0 Å². The van der Waals surface area contributed by atoms with Gasteiger partial charge in [0.2, 0.25) is 0 Å². The average Bonchev–Trinajstić information content (AvgIpc) is 3.13. The van der Waals surface area contributed by atoms with Crippen LogP contribution in [0.5, 0.6) is 0 Å². The number of aliphatic hydroxyl groups is 1. The smallest absolute Gasteiger partial charge is 0.319 e. The highest BCUT2D eigenvalue weighted by Crippen LogP contribution is 2.16. The lowest BCUT2D eigenvalue weighted by molar-refractivity contribution is 0.247. The van der Waals surface area contributed by atoms with Crippen LogP contribution in [0.15, 0.2) is 54.6 Å². The highest BCUT2D eigenvalue weighted by molar-refractivity contribution is 6.30. The third-order valence-electron chi connectivity index (χ3n) is 3.77. The van der Waals surface area contributed by atoms with Crippen molar-refractivity contribution in [1.82, 2.24) is 25.5 Å². The zero-order valence-electron chi connectivity index (χ0n) is 14.4. The minimum Gasteiger partial charge on any atom is -0.394 e. The molecule has 140 valence electrons. The van der Waals surface area contributed by atoms with E-state index in [0.717, 1.165) is 5.56 Å². The van der Waals surface area contributed by atoms with Gasteiger partial charge in [0.25, 0.3) is 0 Å². The molecule has 0 bridgehead atoms. The molecule has 9 heteroatoms. The molecule has 0 aliphatic carbocycles. The fourth-order valence-electron chi connectivity index (χ4n) is 2.49. The van der Waals surface area contributed by atoms with Crippen molar-refractivity contribution in [1.29, 1.82) is 0 Å². The first-order valence-corrected chi connectivity index (χ1v) is 8.77. The number of hydrogen-bond acceptors (Lipinski definition) is 5. The van der Waals surface area contributed by atoms with Crippen molar-refractivity contribution < 1.29 is 9.90 Å². The zero-order valence-corrected chi connectivity index (χ0v) is 15.2. The van der Waals surface area contributed by atoms with Crippen LogP contribution < -0.4 is 10.6 Å². The Labute approximate surface area is 161 Å². The summed E-state index contributed by atoms with van der Waals surface area (Å²) >= 11 is 5.86. The Bertz CT molecular complexity index is 869. The number of nitrogens with one attached hydrogen (secondary N) is 2. The first-order chi connectivity index (χ1) is 13.1. The molecule has 3 aromatic rings. The molecule has 0 fully saturated rings. The normalized spacial score (nSPS) is 11.8. The molecule has 0 unspecified atom stereocenters. The van der Waals surface area contributed by atoms with Crippen LogP contribution in [-0.2, 0) is 13.0 Å². The summed E-state index contributed by atoms with van der Waals surface area (Å²) in [6.07, 6.45) is 0.500. The van der Waals surface area contributed by atoms with Gasteiger partial charge in [-0.05, 0) is 35.0 Å². The number of hydrogen-bond donors (Lipinski definition) is 3. The van der Waals surface area contributed by atoms with E-state index < -0.39 is 12.1 Å². The average molecular weight is 387 g/mol. The largest absolute Gasteiger partial charge is 0.394 e. The maximum Gasteiger partial charge on any atom is 0.319 e. The Morgan fingerprint density at radius 1 is 1.15 bits per heavy atom.